The van der Waals surface area contributed by atoms with Crippen molar-refractivity contribution in [1.82, 2.24) is 25.8 Å². The lowest BCUT2D eigenvalue weighted by Crippen LogP contribution is -2.60. The lowest BCUT2D eigenvalue weighted by Gasteiger charge is -2.30. The summed E-state index contributed by atoms with van der Waals surface area (Å²) in [5.74, 6) is -3.91. The number of aliphatic hydroxyl groups is 2. The number of rotatable bonds is 13. The van der Waals surface area contributed by atoms with Gasteiger partial charge in [0.15, 0.2) is 0 Å². The molecule has 5 amide bonds. The maximum atomic E-state index is 13.4. The Hall–Kier alpha value is -4.01. The highest BCUT2D eigenvalue weighted by atomic mass is 16.3. The third kappa shape index (κ3) is 7.63. The Labute approximate surface area is 243 Å². The minimum Gasteiger partial charge on any atom is -0.394 e. The van der Waals surface area contributed by atoms with E-state index in [1.807, 2.05) is 24.3 Å². The van der Waals surface area contributed by atoms with E-state index in [0.717, 1.165) is 16.5 Å². The second-order valence-electron chi connectivity index (χ2n) is 11.0. The fourth-order valence-corrected chi connectivity index (χ4v) is 4.96. The summed E-state index contributed by atoms with van der Waals surface area (Å²) in [6.45, 7) is 4.11. The Morgan fingerprint density at radius 2 is 1.74 bits per heavy atom. The van der Waals surface area contributed by atoms with Crippen LogP contribution >= 0.6 is 0 Å². The number of aromatic amines is 1. The molecule has 1 aromatic carbocycles. The van der Waals surface area contributed by atoms with Crippen LogP contribution in [0.4, 0.5) is 0 Å². The fraction of sp³-hybridized carbons (Fsp3) is 0.536. The predicted octanol–water partition coefficient (Wildman–Crippen LogP) is -2.00. The monoisotopic (exact) mass is 587 g/mol. The first kappa shape index (κ1) is 32.5. The molecule has 1 fully saturated rings. The summed E-state index contributed by atoms with van der Waals surface area (Å²) in [5.41, 5.74) is 12.9. The molecule has 2 heterocycles. The molecule has 0 radical (unpaired) electrons. The van der Waals surface area contributed by atoms with E-state index >= 15 is 0 Å². The molecule has 0 spiro atoms. The highest BCUT2D eigenvalue weighted by molar-refractivity contribution is 5.96. The summed E-state index contributed by atoms with van der Waals surface area (Å²) >= 11 is 0. The Balaban J connectivity index is 1.68. The summed E-state index contributed by atoms with van der Waals surface area (Å²) in [7, 11) is 0. The number of hydrogen-bond acceptors (Lipinski definition) is 8. The van der Waals surface area contributed by atoms with E-state index in [0.29, 0.717) is 12.8 Å². The maximum absolute atomic E-state index is 13.4. The molecule has 42 heavy (non-hydrogen) atoms. The van der Waals surface area contributed by atoms with E-state index in [2.05, 4.69) is 20.9 Å². The van der Waals surface area contributed by atoms with Crippen LogP contribution in [0.2, 0.25) is 0 Å². The van der Waals surface area contributed by atoms with Crippen molar-refractivity contribution in [2.24, 2.45) is 17.4 Å². The van der Waals surface area contributed by atoms with Crippen molar-refractivity contribution in [2.45, 2.75) is 76.3 Å². The number of fused-ring (bicyclic) bond motifs is 1. The number of hydrogen-bond donors (Lipinski definition) is 8. The highest BCUT2D eigenvalue weighted by Gasteiger charge is 2.39. The molecule has 0 aliphatic carbocycles. The summed E-state index contributed by atoms with van der Waals surface area (Å²) in [5, 5.41) is 28.0. The van der Waals surface area contributed by atoms with Gasteiger partial charge in [-0.2, -0.15) is 0 Å². The molecular weight excluding hydrogens is 546 g/mol. The van der Waals surface area contributed by atoms with Gasteiger partial charge in [0.2, 0.25) is 29.5 Å². The SMILES string of the molecule is CC(O)[C@H](N)C(=O)N[C@H](C(=O)N[C@@H](CO)C(=O)N1CCC[C@H]1C(=O)N[C@@H](Cc1c[nH]c2ccccc12)C(N)=O)C(C)C. The minimum atomic E-state index is -1.40. The molecule has 14 heteroatoms. The topological polar surface area (TPSA) is 233 Å². The van der Waals surface area contributed by atoms with Crippen LogP contribution in [0.5, 0.6) is 0 Å². The molecule has 10 N–H and O–H groups in total. The number of aromatic nitrogens is 1. The predicted molar refractivity (Wildman–Crippen MR) is 153 cm³/mol. The van der Waals surface area contributed by atoms with Gasteiger partial charge >= 0.3 is 0 Å². The van der Waals surface area contributed by atoms with E-state index < -0.39 is 78.4 Å². The van der Waals surface area contributed by atoms with Crippen molar-refractivity contribution in [3.8, 4) is 0 Å². The third-order valence-electron chi connectivity index (χ3n) is 7.46. The third-order valence-corrected chi connectivity index (χ3v) is 7.46. The minimum absolute atomic E-state index is 0.141. The smallest absolute Gasteiger partial charge is 0.248 e. The number of aliphatic hydroxyl groups excluding tert-OH is 2. The average molecular weight is 588 g/mol. The number of carbonyl (C=O) groups excluding carboxylic acids is 5. The van der Waals surface area contributed by atoms with Crippen molar-refractivity contribution in [2.75, 3.05) is 13.2 Å². The van der Waals surface area contributed by atoms with Gasteiger partial charge in [0.25, 0.3) is 0 Å². The summed E-state index contributed by atoms with van der Waals surface area (Å²) in [6.07, 6.45) is 1.54. The first-order valence-corrected chi connectivity index (χ1v) is 14.0. The maximum Gasteiger partial charge on any atom is 0.248 e. The number of nitrogens with two attached hydrogens (primary N) is 2. The van der Waals surface area contributed by atoms with Crippen molar-refractivity contribution < 1.29 is 34.2 Å². The van der Waals surface area contributed by atoms with E-state index in [1.165, 1.54) is 11.8 Å². The zero-order valence-corrected chi connectivity index (χ0v) is 24.0. The molecular formula is C28H41N7O7. The fourth-order valence-electron chi connectivity index (χ4n) is 4.96. The summed E-state index contributed by atoms with van der Waals surface area (Å²) in [4.78, 5) is 68.7. The van der Waals surface area contributed by atoms with Gasteiger partial charge in [0.1, 0.15) is 30.2 Å². The first-order valence-electron chi connectivity index (χ1n) is 14.0. The van der Waals surface area contributed by atoms with Gasteiger partial charge in [-0.15, -0.1) is 0 Å². The zero-order chi connectivity index (χ0) is 31.1. The Morgan fingerprint density at radius 1 is 1.05 bits per heavy atom. The molecule has 0 bridgehead atoms. The highest BCUT2D eigenvalue weighted by Crippen LogP contribution is 2.21. The molecule has 6 atom stereocenters. The molecule has 1 unspecified atom stereocenters. The van der Waals surface area contributed by atoms with Crippen LogP contribution in [0.25, 0.3) is 10.9 Å². The summed E-state index contributed by atoms with van der Waals surface area (Å²) in [6, 6.07) is 1.75. The van der Waals surface area contributed by atoms with Crippen LogP contribution in [0.1, 0.15) is 39.2 Å². The molecule has 1 aromatic heterocycles. The molecule has 230 valence electrons. The van der Waals surface area contributed by atoms with Gasteiger partial charge in [0.05, 0.1) is 12.7 Å². The second kappa shape index (κ2) is 14.2. The number of amides is 5. The van der Waals surface area contributed by atoms with Crippen molar-refractivity contribution in [1.29, 1.82) is 0 Å². The van der Waals surface area contributed by atoms with Crippen LogP contribution in [-0.2, 0) is 30.4 Å². The van der Waals surface area contributed by atoms with E-state index in [9.17, 15) is 34.2 Å². The van der Waals surface area contributed by atoms with Gasteiger partial charge in [-0.25, -0.2) is 0 Å². The van der Waals surface area contributed by atoms with Crippen LogP contribution in [0.15, 0.2) is 30.5 Å². The average Bonchev–Trinajstić information content (AvgIpc) is 3.60. The molecule has 1 aliphatic heterocycles. The van der Waals surface area contributed by atoms with Crippen LogP contribution in [-0.4, -0.2) is 99.1 Å². The zero-order valence-electron chi connectivity index (χ0n) is 24.0. The van der Waals surface area contributed by atoms with E-state index in [4.69, 9.17) is 11.5 Å². The lowest BCUT2D eigenvalue weighted by molar-refractivity contribution is -0.143. The normalized spacial score (nSPS) is 18.6. The van der Waals surface area contributed by atoms with Gasteiger partial charge < -0.3 is 47.5 Å². The van der Waals surface area contributed by atoms with Crippen molar-refractivity contribution in [3.05, 3.63) is 36.0 Å². The molecule has 0 saturated carbocycles. The van der Waals surface area contributed by atoms with Crippen LogP contribution < -0.4 is 27.4 Å². The summed E-state index contributed by atoms with van der Waals surface area (Å²) < 4.78 is 0. The number of nitrogens with zero attached hydrogens (tertiary/aromatic N) is 1. The quantitative estimate of drug-likeness (QED) is 0.130. The van der Waals surface area contributed by atoms with Gasteiger partial charge in [-0.1, -0.05) is 32.0 Å². The molecule has 1 aliphatic rings. The molecule has 3 rings (SSSR count). The van der Waals surface area contributed by atoms with Crippen LogP contribution in [0.3, 0.4) is 0 Å². The Bertz CT molecular complexity index is 1290. The standard InChI is InChI=1S/C28H41N7O7/c1-14(2)23(34-26(40)22(29)15(3)37)27(41)33-20(13-36)28(42)35-10-6-9-21(35)25(39)32-19(24(30)38)11-16-12-31-18-8-5-4-7-17(16)18/h4-5,7-8,12,14-15,19-23,31,36-37H,6,9-11,13,29H2,1-3H3,(H2,30,38)(H,32,39)(H,33,41)(H,34,40)/t15?,19-,20-,21-,22-,23-/m0/s1. The lowest BCUT2D eigenvalue weighted by atomic mass is 10.0. The number of likely N-dealkylation sites (tertiary alicyclic amines) is 1. The number of nitrogens with one attached hydrogen (secondary N) is 4. The van der Waals surface area contributed by atoms with Gasteiger partial charge in [0, 0.05) is 30.1 Å². The van der Waals surface area contributed by atoms with Gasteiger partial charge in [-0.3, -0.25) is 24.0 Å². The number of benzene rings is 1. The van der Waals surface area contributed by atoms with Crippen molar-refractivity contribution in [3.63, 3.8) is 0 Å². The first-order chi connectivity index (χ1) is 19.8. The molecule has 14 nitrogen and oxygen atoms in total. The second-order valence-corrected chi connectivity index (χ2v) is 11.0. The van der Waals surface area contributed by atoms with E-state index in [-0.39, 0.29) is 13.0 Å². The van der Waals surface area contributed by atoms with Crippen molar-refractivity contribution >= 4 is 40.4 Å². The number of H-pyrrole nitrogens is 1. The van der Waals surface area contributed by atoms with Gasteiger partial charge in [-0.05, 0) is 37.3 Å². The number of carbonyl (C=O) groups is 5. The molecule has 1 saturated heterocycles. The van der Waals surface area contributed by atoms with Crippen LogP contribution in [0, 0.1) is 5.92 Å². The number of para-hydroxylation sites is 1. The largest absolute Gasteiger partial charge is 0.394 e. The number of primary amides is 1. The Kier molecular flexibility index (Phi) is 11.0. The molecule has 2 aromatic rings. The Morgan fingerprint density at radius 3 is 2.36 bits per heavy atom. The van der Waals surface area contributed by atoms with E-state index in [1.54, 1.807) is 20.0 Å².